The fourth-order valence-electron chi connectivity index (χ4n) is 2.68. The highest BCUT2D eigenvalue weighted by Gasteiger charge is 2.33. The van der Waals surface area contributed by atoms with Crippen molar-refractivity contribution in [3.8, 4) is 0 Å². The van der Waals surface area contributed by atoms with Gasteiger partial charge < -0.3 is 4.90 Å². The monoisotopic (exact) mass is 321 g/mol. The van der Waals surface area contributed by atoms with Crippen LogP contribution < -0.4 is 0 Å². The zero-order chi connectivity index (χ0) is 14.9. The van der Waals surface area contributed by atoms with Gasteiger partial charge in [0, 0.05) is 6.54 Å². The lowest BCUT2D eigenvalue weighted by Gasteiger charge is -2.21. The summed E-state index contributed by atoms with van der Waals surface area (Å²) in [5.74, 6) is 0.961. The minimum absolute atomic E-state index is 0.0580. The number of tetrazole rings is 2. The van der Waals surface area contributed by atoms with Crippen LogP contribution in [-0.2, 0) is 4.79 Å². The van der Waals surface area contributed by atoms with Gasteiger partial charge in [0.05, 0.1) is 17.8 Å². The van der Waals surface area contributed by atoms with Crippen molar-refractivity contribution >= 4 is 17.7 Å². The Hall–Kier alpha value is -2.04. The van der Waals surface area contributed by atoms with E-state index in [2.05, 4.69) is 36.1 Å². The maximum atomic E-state index is 12.5. The molecular formula is C11H15N9OS. The Balaban J connectivity index is 1.40. The molecule has 1 atom stereocenters. The summed E-state index contributed by atoms with van der Waals surface area (Å²) in [6.07, 6.45) is 4.04. The lowest BCUT2D eigenvalue weighted by molar-refractivity contribution is -0.129. The number of likely N-dealkylation sites (tertiary alicyclic amines) is 1. The zero-order valence-electron chi connectivity index (χ0n) is 11.8. The van der Waals surface area contributed by atoms with E-state index < -0.39 is 0 Å². The van der Waals surface area contributed by atoms with Crippen molar-refractivity contribution in [2.24, 2.45) is 0 Å². The Morgan fingerprint density at radius 1 is 1.32 bits per heavy atom. The standard InChI is InChI=1S/C11H15N9OS/c21-9(6-22-11-14-17-18-20(11)7-3-4-7)19-5-1-2-8(19)10-12-15-16-13-10/h7-8H,1-6H2,(H,12,13,15,16). The lowest BCUT2D eigenvalue weighted by Crippen LogP contribution is -2.32. The van der Waals surface area contributed by atoms with Crippen LogP contribution in [0.1, 0.15) is 43.6 Å². The maximum absolute atomic E-state index is 12.5. The van der Waals surface area contributed by atoms with Gasteiger partial charge in [-0.1, -0.05) is 17.0 Å². The number of nitrogens with one attached hydrogen (secondary N) is 1. The average Bonchev–Trinajstić information content (AvgIpc) is 3.02. The lowest BCUT2D eigenvalue weighted by atomic mass is 10.2. The van der Waals surface area contributed by atoms with E-state index in [0.29, 0.717) is 22.8 Å². The molecule has 1 N–H and O–H groups in total. The summed E-state index contributed by atoms with van der Waals surface area (Å²) in [5.41, 5.74) is 0. The van der Waals surface area contributed by atoms with Gasteiger partial charge in [0.15, 0.2) is 5.82 Å². The molecule has 0 spiro atoms. The third kappa shape index (κ3) is 2.56. The molecule has 10 nitrogen and oxygen atoms in total. The highest BCUT2D eigenvalue weighted by atomic mass is 32.2. The van der Waals surface area contributed by atoms with Gasteiger partial charge in [-0.05, 0) is 36.1 Å². The van der Waals surface area contributed by atoms with Crippen LogP contribution in [-0.4, -0.2) is 63.9 Å². The Bertz CT molecular complexity index is 652. The van der Waals surface area contributed by atoms with E-state index in [9.17, 15) is 4.79 Å². The summed E-state index contributed by atoms with van der Waals surface area (Å²) in [6.45, 7) is 0.728. The third-order valence-corrected chi connectivity index (χ3v) is 4.83. The van der Waals surface area contributed by atoms with Crippen LogP contribution >= 0.6 is 11.8 Å². The molecule has 0 bridgehead atoms. The normalized spacial score (nSPS) is 21.5. The number of carbonyl (C=O) groups excluding carboxylic acids is 1. The predicted molar refractivity (Wildman–Crippen MR) is 74.7 cm³/mol. The number of hydrogen-bond acceptors (Lipinski definition) is 8. The second kappa shape index (κ2) is 5.63. The van der Waals surface area contributed by atoms with Crippen molar-refractivity contribution in [3.05, 3.63) is 5.82 Å². The summed E-state index contributed by atoms with van der Waals surface area (Å²) in [6, 6.07) is 0.331. The molecule has 2 fully saturated rings. The van der Waals surface area contributed by atoms with Gasteiger partial charge in [0.25, 0.3) is 0 Å². The fraction of sp³-hybridized carbons (Fsp3) is 0.727. The SMILES string of the molecule is O=C(CSc1nnnn1C1CC1)N1CCCC1c1nn[nH]n1. The number of nitrogens with zero attached hydrogens (tertiary/aromatic N) is 8. The maximum Gasteiger partial charge on any atom is 0.233 e. The summed E-state index contributed by atoms with van der Waals surface area (Å²) in [5, 5.41) is 26.4. The summed E-state index contributed by atoms with van der Waals surface area (Å²) in [4.78, 5) is 14.3. The molecule has 1 unspecified atom stereocenters. The average molecular weight is 321 g/mol. The Morgan fingerprint density at radius 2 is 2.23 bits per heavy atom. The van der Waals surface area contributed by atoms with Gasteiger partial charge in [-0.15, -0.1) is 15.3 Å². The molecule has 1 saturated heterocycles. The molecule has 1 amide bonds. The van der Waals surface area contributed by atoms with Crippen molar-refractivity contribution in [3.63, 3.8) is 0 Å². The van der Waals surface area contributed by atoms with Gasteiger partial charge in [-0.3, -0.25) is 4.79 Å². The second-order valence-corrected chi connectivity index (χ2v) is 6.38. The Morgan fingerprint density at radius 3 is 3.00 bits per heavy atom. The molecule has 0 aromatic carbocycles. The van der Waals surface area contributed by atoms with Crippen LogP contribution in [0.4, 0.5) is 0 Å². The minimum atomic E-state index is -0.0775. The van der Waals surface area contributed by atoms with Crippen LogP contribution in [0.2, 0.25) is 0 Å². The van der Waals surface area contributed by atoms with Crippen molar-refractivity contribution < 1.29 is 4.79 Å². The molecular weight excluding hydrogens is 306 g/mol. The van der Waals surface area contributed by atoms with Gasteiger partial charge in [-0.25, -0.2) is 4.68 Å². The van der Waals surface area contributed by atoms with Gasteiger partial charge in [-0.2, -0.15) is 5.21 Å². The second-order valence-electron chi connectivity index (χ2n) is 5.44. The number of amides is 1. The van der Waals surface area contributed by atoms with Crippen LogP contribution in [0.15, 0.2) is 5.16 Å². The number of thioether (sulfide) groups is 1. The van der Waals surface area contributed by atoms with Gasteiger partial charge in [0.2, 0.25) is 11.1 Å². The molecule has 1 aliphatic heterocycles. The molecule has 116 valence electrons. The predicted octanol–water partition coefficient (Wildman–Crippen LogP) is -0.0231. The van der Waals surface area contributed by atoms with Crippen LogP contribution in [0.25, 0.3) is 0 Å². The first-order valence-electron chi connectivity index (χ1n) is 7.26. The van der Waals surface area contributed by atoms with E-state index in [-0.39, 0.29) is 11.9 Å². The summed E-state index contributed by atoms with van der Waals surface area (Å²) >= 11 is 1.39. The first kappa shape index (κ1) is 13.6. The quantitative estimate of drug-likeness (QED) is 0.763. The minimum Gasteiger partial charge on any atom is -0.332 e. The largest absolute Gasteiger partial charge is 0.332 e. The van der Waals surface area contributed by atoms with Crippen LogP contribution in [0, 0.1) is 0 Å². The number of aromatic nitrogens is 8. The van der Waals surface area contributed by atoms with Crippen LogP contribution in [0.5, 0.6) is 0 Å². The summed E-state index contributed by atoms with van der Waals surface area (Å²) < 4.78 is 1.82. The molecule has 1 aliphatic carbocycles. The van der Waals surface area contributed by atoms with E-state index >= 15 is 0 Å². The molecule has 22 heavy (non-hydrogen) atoms. The molecule has 11 heteroatoms. The Kier molecular flexibility index (Phi) is 3.48. The van der Waals surface area contributed by atoms with E-state index in [1.807, 2.05) is 9.58 Å². The smallest absolute Gasteiger partial charge is 0.233 e. The molecule has 2 aromatic rings. The number of hydrogen-bond donors (Lipinski definition) is 1. The van der Waals surface area contributed by atoms with Crippen molar-refractivity contribution in [1.29, 1.82) is 0 Å². The highest BCUT2D eigenvalue weighted by Crippen LogP contribution is 2.36. The van der Waals surface area contributed by atoms with Crippen molar-refractivity contribution in [2.45, 2.75) is 42.9 Å². The van der Waals surface area contributed by atoms with E-state index in [1.54, 1.807) is 0 Å². The first-order valence-corrected chi connectivity index (χ1v) is 8.25. The molecule has 1 saturated carbocycles. The molecule has 2 aromatic heterocycles. The topological polar surface area (TPSA) is 118 Å². The third-order valence-electron chi connectivity index (χ3n) is 3.91. The van der Waals surface area contributed by atoms with Crippen LogP contribution in [0.3, 0.4) is 0 Å². The summed E-state index contributed by atoms with van der Waals surface area (Å²) in [7, 11) is 0. The number of H-pyrrole nitrogens is 1. The first-order chi connectivity index (χ1) is 10.8. The van der Waals surface area contributed by atoms with E-state index in [4.69, 9.17) is 0 Å². The zero-order valence-corrected chi connectivity index (χ0v) is 12.6. The van der Waals surface area contributed by atoms with Crippen molar-refractivity contribution in [1.82, 2.24) is 45.7 Å². The number of aromatic amines is 1. The Labute approximate surface area is 130 Å². The fourth-order valence-corrected chi connectivity index (χ4v) is 3.51. The number of carbonyl (C=O) groups is 1. The number of rotatable bonds is 5. The van der Waals surface area contributed by atoms with E-state index in [0.717, 1.165) is 32.2 Å². The van der Waals surface area contributed by atoms with Gasteiger partial charge in [0.1, 0.15) is 0 Å². The highest BCUT2D eigenvalue weighted by molar-refractivity contribution is 7.99. The van der Waals surface area contributed by atoms with Crippen molar-refractivity contribution in [2.75, 3.05) is 12.3 Å². The van der Waals surface area contributed by atoms with Gasteiger partial charge >= 0.3 is 0 Å². The molecule has 4 rings (SSSR count). The molecule has 2 aliphatic rings. The molecule has 3 heterocycles. The molecule has 0 radical (unpaired) electrons. The van der Waals surface area contributed by atoms with E-state index in [1.165, 1.54) is 11.8 Å².